The number of sulfonamides is 1. The number of hydrogen-bond donors (Lipinski definition) is 3. The van der Waals surface area contributed by atoms with E-state index in [-0.39, 0.29) is 16.0 Å². The first-order chi connectivity index (χ1) is 14.8. The molecule has 3 N–H and O–H groups in total. The van der Waals surface area contributed by atoms with Crippen molar-refractivity contribution in [3.05, 3.63) is 65.7 Å². The molecule has 1 aliphatic rings. The van der Waals surface area contributed by atoms with Gasteiger partial charge in [-0.05, 0) is 17.7 Å². The van der Waals surface area contributed by atoms with Gasteiger partial charge in [0.25, 0.3) is 0 Å². The van der Waals surface area contributed by atoms with E-state index in [1.165, 1.54) is 43.7 Å². The zero-order chi connectivity index (χ0) is 23.9. The molecule has 32 heavy (non-hydrogen) atoms. The summed E-state index contributed by atoms with van der Waals surface area (Å²) < 4.78 is 67.1. The van der Waals surface area contributed by atoms with E-state index in [1.54, 1.807) is 6.07 Å². The van der Waals surface area contributed by atoms with Crippen LogP contribution in [-0.4, -0.2) is 55.6 Å². The number of hydrogen-bond acceptors (Lipinski definition) is 5. The monoisotopic (exact) mass is 471 g/mol. The number of alkyl halides is 3. The minimum atomic E-state index is -5.38. The SMILES string of the molecule is CN(C)S(=O)(=O)c1ccc(C(=O)[C@H]2[C@H](c3ccccc3)NC(=O)N[C@]2(O)C(F)(F)F)cc1. The number of carbonyl (C=O) groups excluding carboxylic acids is 2. The average molecular weight is 471 g/mol. The Kier molecular flexibility index (Phi) is 6.06. The number of ketones is 1. The number of urea groups is 1. The predicted molar refractivity (Wildman–Crippen MR) is 107 cm³/mol. The Morgan fingerprint density at radius 1 is 1.06 bits per heavy atom. The van der Waals surface area contributed by atoms with Crippen molar-refractivity contribution >= 4 is 21.8 Å². The Hall–Kier alpha value is -2.96. The summed E-state index contributed by atoms with van der Waals surface area (Å²) in [6.07, 6.45) is -5.38. The van der Waals surface area contributed by atoms with Crippen LogP contribution >= 0.6 is 0 Å². The number of benzene rings is 2. The summed E-state index contributed by atoms with van der Waals surface area (Å²) in [5.74, 6) is -3.33. The van der Waals surface area contributed by atoms with Crippen LogP contribution < -0.4 is 10.6 Å². The highest BCUT2D eigenvalue weighted by Gasteiger charge is 2.66. The number of nitrogens with zero attached hydrogens (tertiary/aromatic N) is 1. The maximum atomic E-state index is 13.9. The second-order valence-electron chi connectivity index (χ2n) is 7.40. The fourth-order valence-corrected chi connectivity index (χ4v) is 4.36. The lowest BCUT2D eigenvalue weighted by atomic mass is 9.77. The number of carbonyl (C=O) groups is 2. The largest absolute Gasteiger partial charge is 0.437 e. The Balaban J connectivity index is 2.10. The van der Waals surface area contributed by atoms with Gasteiger partial charge < -0.3 is 15.7 Å². The maximum absolute atomic E-state index is 13.9. The highest BCUT2D eigenvalue weighted by atomic mass is 32.2. The van der Waals surface area contributed by atoms with Gasteiger partial charge in [0.2, 0.25) is 15.7 Å². The molecule has 1 fully saturated rings. The fourth-order valence-electron chi connectivity index (χ4n) is 3.46. The van der Waals surface area contributed by atoms with Gasteiger partial charge in [-0.1, -0.05) is 42.5 Å². The third-order valence-electron chi connectivity index (χ3n) is 5.16. The Labute approximate surface area is 182 Å². The van der Waals surface area contributed by atoms with Gasteiger partial charge in [0.15, 0.2) is 5.78 Å². The topological polar surface area (TPSA) is 116 Å². The van der Waals surface area contributed by atoms with Crippen LogP contribution in [0.1, 0.15) is 22.0 Å². The minimum Gasteiger partial charge on any atom is -0.363 e. The Morgan fingerprint density at radius 3 is 2.12 bits per heavy atom. The van der Waals surface area contributed by atoms with Crippen LogP contribution in [0, 0.1) is 5.92 Å². The minimum absolute atomic E-state index is 0.167. The number of rotatable bonds is 5. The van der Waals surface area contributed by atoms with E-state index in [1.807, 2.05) is 0 Å². The number of aliphatic hydroxyl groups is 1. The molecule has 12 heteroatoms. The quantitative estimate of drug-likeness (QED) is 0.578. The molecule has 0 unspecified atom stereocenters. The van der Waals surface area contributed by atoms with Crippen molar-refractivity contribution in [1.82, 2.24) is 14.9 Å². The highest BCUT2D eigenvalue weighted by molar-refractivity contribution is 7.89. The molecule has 0 aromatic heterocycles. The van der Waals surface area contributed by atoms with Crippen LogP contribution in [0.2, 0.25) is 0 Å². The van der Waals surface area contributed by atoms with Gasteiger partial charge in [-0.3, -0.25) is 4.79 Å². The lowest BCUT2D eigenvalue weighted by Gasteiger charge is -2.45. The van der Waals surface area contributed by atoms with Gasteiger partial charge in [-0.25, -0.2) is 17.5 Å². The van der Waals surface area contributed by atoms with Crippen molar-refractivity contribution in [1.29, 1.82) is 0 Å². The molecule has 1 saturated heterocycles. The number of Topliss-reactive ketones (excluding diaryl/α,β-unsaturated/α-hetero) is 1. The summed E-state index contributed by atoms with van der Waals surface area (Å²) in [5, 5.41) is 14.3. The van der Waals surface area contributed by atoms with Crippen LogP contribution in [0.5, 0.6) is 0 Å². The molecule has 2 amide bonds. The van der Waals surface area contributed by atoms with Crippen molar-refractivity contribution in [2.45, 2.75) is 22.8 Å². The van der Waals surface area contributed by atoms with Gasteiger partial charge in [-0.2, -0.15) is 13.2 Å². The van der Waals surface area contributed by atoms with Gasteiger partial charge in [0, 0.05) is 19.7 Å². The zero-order valence-corrected chi connectivity index (χ0v) is 17.7. The van der Waals surface area contributed by atoms with Gasteiger partial charge in [0.05, 0.1) is 10.9 Å². The molecule has 0 bridgehead atoms. The smallest absolute Gasteiger partial charge is 0.363 e. The van der Waals surface area contributed by atoms with Crippen LogP contribution in [0.15, 0.2) is 59.5 Å². The molecule has 3 rings (SSSR count). The number of halogens is 3. The third kappa shape index (κ3) is 4.08. The standard InChI is InChI=1S/C20H20F3N3O5S/c1-26(2)32(30,31)14-10-8-13(9-11-14)17(27)15-16(12-6-4-3-5-7-12)24-18(28)25-19(15,29)20(21,22)23/h3-11,15-16,29H,1-2H3,(H2,24,25,28)/t15-,16+,19-/m1/s1. The normalized spacial score (nSPS) is 24.0. The summed E-state index contributed by atoms with van der Waals surface area (Å²) in [7, 11) is -1.22. The molecule has 1 heterocycles. The molecule has 172 valence electrons. The van der Waals surface area contributed by atoms with Crippen LogP contribution in [0.3, 0.4) is 0 Å². The maximum Gasteiger partial charge on any atom is 0.437 e. The van der Waals surface area contributed by atoms with Gasteiger partial charge in [0.1, 0.15) is 5.92 Å². The zero-order valence-electron chi connectivity index (χ0n) is 16.9. The lowest BCUT2D eigenvalue weighted by molar-refractivity contribution is -0.287. The van der Waals surface area contributed by atoms with Crippen molar-refractivity contribution in [2.75, 3.05) is 14.1 Å². The van der Waals surface area contributed by atoms with Crippen molar-refractivity contribution in [3.8, 4) is 0 Å². The average Bonchev–Trinajstić information content (AvgIpc) is 2.72. The van der Waals surface area contributed by atoms with Crippen molar-refractivity contribution in [2.24, 2.45) is 5.92 Å². The molecule has 1 aliphatic heterocycles. The number of nitrogens with one attached hydrogen (secondary N) is 2. The van der Waals surface area contributed by atoms with Crippen LogP contribution in [-0.2, 0) is 10.0 Å². The first-order valence-electron chi connectivity index (χ1n) is 9.28. The summed E-state index contributed by atoms with van der Waals surface area (Å²) in [4.78, 5) is 25.0. The molecule has 0 aliphatic carbocycles. The summed E-state index contributed by atoms with van der Waals surface area (Å²) in [6, 6.07) is 8.95. The molecule has 2 aromatic rings. The van der Waals surface area contributed by atoms with Gasteiger partial charge in [-0.15, -0.1) is 0 Å². The van der Waals surface area contributed by atoms with E-state index >= 15 is 0 Å². The lowest BCUT2D eigenvalue weighted by Crippen LogP contribution is -2.72. The molecule has 8 nitrogen and oxygen atoms in total. The summed E-state index contributed by atoms with van der Waals surface area (Å²) >= 11 is 0. The molecule has 0 spiro atoms. The van der Waals surface area contributed by atoms with E-state index in [0.717, 1.165) is 28.6 Å². The fraction of sp³-hybridized carbons (Fsp3) is 0.300. The van der Waals surface area contributed by atoms with Crippen molar-refractivity contribution < 1.29 is 36.3 Å². The van der Waals surface area contributed by atoms with Crippen molar-refractivity contribution in [3.63, 3.8) is 0 Å². The molecule has 2 aromatic carbocycles. The van der Waals surface area contributed by atoms with Crippen LogP contribution in [0.4, 0.5) is 18.0 Å². The molecular formula is C20H20F3N3O5S. The summed E-state index contributed by atoms with van der Waals surface area (Å²) in [5.41, 5.74) is -3.95. The van der Waals surface area contributed by atoms with E-state index in [2.05, 4.69) is 5.32 Å². The second-order valence-corrected chi connectivity index (χ2v) is 9.56. The van der Waals surface area contributed by atoms with E-state index in [0.29, 0.717) is 0 Å². The Bertz CT molecular complexity index is 1120. The van der Waals surface area contributed by atoms with E-state index in [9.17, 15) is 36.3 Å². The second kappa shape index (κ2) is 8.19. The first-order valence-corrected chi connectivity index (χ1v) is 10.7. The van der Waals surface area contributed by atoms with Gasteiger partial charge >= 0.3 is 12.2 Å². The number of amides is 2. The molecule has 0 radical (unpaired) electrons. The van der Waals surface area contributed by atoms with E-state index in [4.69, 9.17) is 0 Å². The molecule has 0 saturated carbocycles. The Morgan fingerprint density at radius 2 is 1.62 bits per heavy atom. The summed E-state index contributed by atoms with van der Waals surface area (Å²) in [6.45, 7) is 0. The van der Waals surface area contributed by atoms with E-state index < -0.39 is 45.7 Å². The highest BCUT2D eigenvalue weighted by Crippen LogP contribution is 2.43. The third-order valence-corrected chi connectivity index (χ3v) is 6.99. The van der Waals surface area contributed by atoms with Crippen LogP contribution in [0.25, 0.3) is 0 Å². The predicted octanol–water partition coefficient (Wildman–Crippen LogP) is 2.04. The first kappa shape index (κ1) is 23.7. The molecule has 3 atom stereocenters. The molecular weight excluding hydrogens is 451 g/mol.